The number of hydrogen-bond acceptors (Lipinski definition) is 3. The monoisotopic (exact) mass is 308 g/mol. The fraction of sp³-hybridized carbons (Fsp3) is 0.231. The van der Waals surface area contributed by atoms with E-state index < -0.39 is 0 Å². The van der Waals surface area contributed by atoms with E-state index in [1.807, 2.05) is 38.1 Å². The van der Waals surface area contributed by atoms with Gasteiger partial charge in [0.15, 0.2) is 0 Å². The highest BCUT2D eigenvalue weighted by Gasteiger charge is 2.14. The van der Waals surface area contributed by atoms with Crippen LogP contribution in [0.3, 0.4) is 0 Å². The number of hydrogen-bond donors (Lipinski definition) is 2. The van der Waals surface area contributed by atoms with Gasteiger partial charge in [-0.3, -0.25) is 4.79 Å². The zero-order valence-corrected chi connectivity index (χ0v) is 11.7. The predicted octanol–water partition coefficient (Wildman–Crippen LogP) is 3.03. The highest BCUT2D eigenvalue weighted by atomic mass is 79.9. The zero-order valence-electron chi connectivity index (χ0n) is 10.1. The molecule has 1 heterocycles. The van der Waals surface area contributed by atoms with Crippen molar-refractivity contribution in [3.63, 3.8) is 0 Å². The molecule has 1 aromatic heterocycles. The molecule has 5 heteroatoms. The lowest BCUT2D eigenvalue weighted by atomic mass is 10.1. The van der Waals surface area contributed by atoms with Crippen LogP contribution in [0.4, 0.5) is 0 Å². The van der Waals surface area contributed by atoms with E-state index in [1.165, 1.54) is 0 Å². The summed E-state index contributed by atoms with van der Waals surface area (Å²) in [6, 6.07) is 7.36. The van der Waals surface area contributed by atoms with Gasteiger partial charge in [-0.25, -0.2) is 0 Å². The third-order valence-corrected chi connectivity index (χ3v) is 3.10. The Balaban J connectivity index is 2.59. The summed E-state index contributed by atoms with van der Waals surface area (Å²) in [5.41, 5.74) is 0.758. The summed E-state index contributed by atoms with van der Waals surface area (Å²) in [5.74, 6) is 0.0877. The fourth-order valence-corrected chi connectivity index (χ4v) is 2.16. The molecule has 4 nitrogen and oxygen atoms in total. The van der Waals surface area contributed by atoms with Crippen LogP contribution in [0.1, 0.15) is 25.3 Å². The largest absolute Gasteiger partial charge is 0.493 e. The smallest absolute Gasteiger partial charge is 0.258 e. The Labute approximate surface area is 113 Å². The van der Waals surface area contributed by atoms with Crippen LogP contribution in [0.25, 0.3) is 11.4 Å². The van der Waals surface area contributed by atoms with Crippen molar-refractivity contribution in [1.29, 1.82) is 0 Å². The van der Waals surface area contributed by atoms with E-state index >= 15 is 0 Å². The predicted molar refractivity (Wildman–Crippen MR) is 73.7 cm³/mol. The second-order valence-corrected chi connectivity index (χ2v) is 5.23. The summed E-state index contributed by atoms with van der Waals surface area (Å²) < 4.78 is 0.884. The van der Waals surface area contributed by atoms with E-state index in [1.54, 1.807) is 0 Å². The zero-order chi connectivity index (χ0) is 13.3. The van der Waals surface area contributed by atoms with Crippen LogP contribution in [-0.4, -0.2) is 15.1 Å². The van der Waals surface area contributed by atoms with Gasteiger partial charge in [-0.15, -0.1) is 0 Å². The van der Waals surface area contributed by atoms with Crippen molar-refractivity contribution in [2.45, 2.75) is 19.8 Å². The minimum absolute atomic E-state index is 0.0715. The number of rotatable bonds is 2. The second-order valence-electron chi connectivity index (χ2n) is 4.32. The molecule has 2 aromatic rings. The number of halogens is 1. The highest BCUT2D eigenvalue weighted by Crippen LogP contribution is 2.23. The summed E-state index contributed by atoms with van der Waals surface area (Å²) in [6.07, 6.45) is 0. The van der Waals surface area contributed by atoms with E-state index in [0.29, 0.717) is 11.4 Å². The third kappa shape index (κ3) is 2.46. The lowest BCUT2D eigenvalue weighted by Crippen LogP contribution is -2.16. The first-order valence-electron chi connectivity index (χ1n) is 5.58. The molecule has 2 rings (SSSR count). The summed E-state index contributed by atoms with van der Waals surface area (Å²) >= 11 is 3.35. The highest BCUT2D eigenvalue weighted by molar-refractivity contribution is 9.10. The Bertz CT molecular complexity index is 635. The van der Waals surface area contributed by atoms with E-state index in [2.05, 4.69) is 25.9 Å². The summed E-state index contributed by atoms with van der Waals surface area (Å²) in [4.78, 5) is 18.6. The van der Waals surface area contributed by atoms with Crippen LogP contribution >= 0.6 is 15.9 Å². The van der Waals surface area contributed by atoms with Crippen molar-refractivity contribution in [2.24, 2.45) is 0 Å². The Morgan fingerprint density at radius 2 is 2.11 bits per heavy atom. The maximum Gasteiger partial charge on any atom is 0.258 e. The van der Waals surface area contributed by atoms with Crippen molar-refractivity contribution in [1.82, 2.24) is 9.97 Å². The number of H-pyrrole nitrogens is 1. The Hall–Kier alpha value is -1.62. The molecule has 0 radical (unpaired) electrons. The maximum atomic E-state index is 11.9. The molecular formula is C13H13BrN2O2. The maximum absolute atomic E-state index is 11.9. The van der Waals surface area contributed by atoms with Crippen LogP contribution in [0, 0.1) is 0 Å². The lowest BCUT2D eigenvalue weighted by molar-refractivity contribution is 0.440. The number of nitrogens with zero attached hydrogens (tertiary/aromatic N) is 1. The van der Waals surface area contributed by atoms with Gasteiger partial charge in [-0.05, 0) is 18.1 Å². The molecule has 0 fully saturated rings. The minimum atomic E-state index is -0.299. The summed E-state index contributed by atoms with van der Waals surface area (Å²) in [5, 5.41) is 9.83. The molecule has 0 spiro atoms. The first-order valence-corrected chi connectivity index (χ1v) is 6.37. The molecule has 0 aliphatic carbocycles. The van der Waals surface area contributed by atoms with Gasteiger partial charge in [0.2, 0.25) is 5.88 Å². The second kappa shape index (κ2) is 4.94. The topological polar surface area (TPSA) is 66.0 Å². The molecule has 1 aromatic carbocycles. The number of aromatic amines is 1. The van der Waals surface area contributed by atoms with Gasteiger partial charge in [0.25, 0.3) is 5.56 Å². The quantitative estimate of drug-likeness (QED) is 0.896. The molecular weight excluding hydrogens is 296 g/mol. The van der Waals surface area contributed by atoms with Gasteiger partial charge in [0.05, 0.1) is 5.56 Å². The van der Waals surface area contributed by atoms with Crippen LogP contribution in [-0.2, 0) is 0 Å². The van der Waals surface area contributed by atoms with Gasteiger partial charge in [-0.1, -0.05) is 41.9 Å². The molecule has 0 saturated heterocycles. The summed E-state index contributed by atoms with van der Waals surface area (Å²) in [6.45, 7) is 3.68. The third-order valence-electron chi connectivity index (χ3n) is 2.61. The molecule has 94 valence electrons. The van der Waals surface area contributed by atoms with Crippen molar-refractivity contribution in [2.75, 3.05) is 0 Å². The Kier molecular flexibility index (Phi) is 3.52. The number of nitrogens with one attached hydrogen (secondary N) is 1. The molecule has 0 aliphatic heterocycles. The first kappa shape index (κ1) is 12.8. The van der Waals surface area contributed by atoms with Gasteiger partial charge in [0, 0.05) is 10.0 Å². The van der Waals surface area contributed by atoms with E-state index in [-0.39, 0.29) is 17.4 Å². The Morgan fingerprint density at radius 3 is 2.67 bits per heavy atom. The molecule has 0 aliphatic rings. The normalized spacial score (nSPS) is 10.9. The molecule has 0 saturated carbocycles. The molecule has 0 atom stereocenters. The van der Waals surface area contributed by atoms with E-state index in [0.717, 1.165) is 10.0 Å². The van der Waals surface area contributed by atoms with Gasteiger partial charge < -0.3 is 10.1 Å². The molecule has 0 bridgehead atoms. The average Bonchev–Trinajstić information content (AvgIpc) is 2.27. The summed E-state index contributed by atoms with van der Waals surface area (Å²) in [7, 11) is 0. The van der Waals surface area contributed by atoms with Crippen LogP contribution < -0.4 is 5.56 Å². The number of benzene rings is 1. The van der Waals surface area contributed by atoms with Crippen molar-refractivity contribution in [3.05, 3.63) is 44.7 Å². The van der Waals surface area contributed by atoms with Crippen LogP contribution in [0.15, 0.2) is 33.5 Å². The van der Waals surface area contributed by atoms with Crippen molar-refractivity contribution in [3.8, 4) is 17.3 Å². The Morgan fingerprint density at radius 1 is 1.39 bits per heavy atom. The van der Waals surface area contributed by atoms with Crippen molar-refractivity contribution >= 4 is 15.9 Å². The molecule has 0 amide bonds. The molecule has 0 unspecified atom stereocenters. The minimum Gasteiger partial charge on any atom is -0.493 e. The van der Waals surface area contributed by atoms with Crippen molar-refractivity contribution < 1.29 is 5.11 Å². The first-order chi connectivity index (χ1) is 8.49. The van der Waals surface area contributed by atoms with Crippen LogP contribution in [0.5, 0.6) is 5.88 Å². The van der Waals surface area contributed by atoms with E-state index in [4.69, 9.17) is 0 Å². The molecule has 18 heavy (non-hydrogen) atoms. The van der Waals surface area contributed by atoms with Gasteiger partial charge in [0.1, 0.15) is 5.82 Å². The van der Waals surface area contributed by atoms with E-state index in [9.17, 15) is 9.90 Å². The standard InChI is InChI=1S/C13H13BrN2O2/c1-7(2)10-12(17)15-11(16-13(10)18)8-4-3-5-9(14)6-8/h3-7H,1-2H3,(H2,15,16,17,18). The van der Waals surface area contributed by atoms with Crippen LogP contribution in [0.2, 0.25) is 0 Å². The average molecular weight is 309 g/mol. The van der Waals surface area contributed by atoms with Gasteiger partial charge in [-0.2, -0.15) is 4.98 Å². The lowest BCUT2D eigenvalue weighted by Gasteiger charge is -2.08. The SMILES string of the molecule is CC(C)c1c(O)nc(-c2cccc(Br)c2)[nH]c1=O. The number of aromatic hydroxyl groups is 1. The van der Waals surface area contributed by atoms with Gasteiger partial charge >= 0.3 is 0 Å². The number of aromatic nitrogens is 2. The fourth-order valence-electron chi connectivity index (χ4n) is 1.76. The molecule has 2 N–H and O–H groups in total.